The standard InChI is InChI=1S/C27H24F5N5O5/c1-14(11-33)34-24(40)35-21-9-17-7-8-26(19(17)10-20(21)29)23(39)37(25(41)42-26)13-22(38)36(15(2)27(30,31)32)12-16-3-5-18(28)6-4-16/h3-6,9-10,14-15H,7-8,12-13H2,1-2H3,(H2,34,35,40)/t14?,15-,26?/m0/s1. The predicted octanol–water partition coefficient (Wildman–Crippen LogP) is 4.10. The van der Waals surface area contributed by atoms with Gasteiger partial charge in [-0.1, -0.05) is 12.1 Å². The summed E-state index contributed by atoms with van der Waals surface area (Å²) in [5.74, 6) is -3.91. The Labute approximate surface area is 236 Å². The summed E-state index contributed by atoms with van der Waals surface area (Å²) >= 11 is 0. The molecule has 0 radical (unpaired) electrons. The molecule has 2 N–H and O–H groups in total. The van der Waals surface area contributed by atoms with E-state index in [1.165, 1.54) is 25.1 Å². The molecular weight excluding hydrogens is 569 g/mol. The lowest BCUT2D eigenvalue weighted by Gasteiger charge is -2.31. The highest BCUT2D eigenvalue weighted by Crippen LogP contribution is 2.46. The summed E-state index contributed by atoms with van der Waals surface area (Å²) in [5, 5.41) is 13.3. The first-order valence-corrected chi connectivity index (χ1v) is 12.6. The zero-order valence-corrected chi connectivity index (χ0v) is 22.2. The second-order valence-corrected chi connectivity index (χ2v) is 9.89. The van der Waals surface area contributed by atoms with Gasteiger partial charge in [-0.2, -0.15) is 18.4 Å². The highest BCUT2D eigenvalue weighted by atomic mass is 19.4. The molecular formula is C27H24F5N5O5. The number of nitrogens with one attached hydrogen (secondary N) is 2. The third-order valence-corrected chi connectivity index (χ3v) is 7.06. The van der Waals surface area contributed by atoms with Crippen LogP contribution >= 0.6 is 0 Å². The van der Waals surface area contributed by atoms with Crippen molar-refractivity contribution < 1.29 is 45.9 Å². The molecule has 1 saturated heterocycles. The molecule has 1 heterocycles. The summed E-state index contributed by atoms with van der Waals surface area (Å²) in [6.07, 6.45) is -6.20. The maximum atomic E-state index is 15.0. The third kappa shape index (κ3) is 5.83. The molecule has 0 saturated carbocycles. The minimum absolute atomic E-state index is 0.0310. The molecule has 10 nitrogen and oxygen atoms in total. The van der Waals surface area contributed by atoms with Crippen LogP contribution in [-0.2, 0) is 32.9 Å². The van der Waals surface area contributed by atoms with Crippen LogP contribution in [0.3, 0.4) is 0 Å². The monoisotopic (exact) mass is 593 g/mol. The number of benzene rings is 2. The number of ether oxygens (including phenoxy) is 1. The van der Waals surface area contributed by atoms with Gasteiger partial charge in [0.1, 0.15) is 30.3 Å². The molecule has 1 fully saturated rings. The first-order chi connectivity index (χ1) is 19.7. The van der Waals surface area contributed by atoms with E-state index >= 15 is 0 Å². The van der Waals surface area contributed by atoms with Crippen LogP contribution < -0.4 is 10.6 Å². The van der Waals surface area contributed by atoms with Crippen molar-refractivity contribution in [3.05, 3.63) is 64.7 Å². The van der Waals surface area contributed by atoms with Gasteiger partial charge in [-0.15, -0.1) is 0 Å². The Morgan fingerprint density at radius 2 is 1.83 bits per heavy atom. The second-order valence-electron chi connectivity index (χ2n) is 9.89. The first kappa shape index (κ1) is 30.2. The molecule has 2 aromatic carbocycles. The van der Waals surface area contributed by atoms with Crippen molar-refractivity contribution in [2.45, 2.75) is 57.1 Å². The summed E-state index contributed by atoms with van der Waals surface area (Å²) < 4.78 is 74.5. The first-order valence-electron chi connectivity index (χ1n) is 12.6. The Kier molecular flexibility index (Phi) is 8.11. The van der Waals surface area contributed by atoms with Crippen molar-refractivity contribution in [3.63, 3.8) is 0 Å². The van der Waals surface area contributed by atoms with E-state index in [0.717, 1.165) is 25.1 Å². The lowest BCUT2D eigenvalue weighted by molar-refractivity contribution is -0.187. The number of nitriles is 1. The van der Waals surface area contributed by atoms with E-state index in [2.05, 4.69) is 10.6 Å². The van der Waals surface area contributed by atoms with E-state index < -0.39 is 72.5 Å². The maximum absolute atomic E-state index is 15.0. The number of nitrogens with zero attached hydrogens (tertiary/aromatic N) is 3. The van der Waals surface area contributed by atoms with Crippen LogP contribution in [0.25, 0.3) is 0 Å². The van der Waals surface area contributed by atoms with Crippen molar-refractivity contribution in [2.24, 2.45) is 0 Å². The molecule has 42 heavy (non-hydrogen) atoms. The molecule has 2 unspecified atom stereocenters. The van der Waals surface area contributed by atoms with Gasteiger partial charge in [0.05, 0.1) is 11.8 Å². The summed E-state index contributed by atoms with van der Waals surface area (Å²) in [7, 11) is 0. The fourth-order valence-corrected chi connectivity index (χ4v) is 4.77. The summed E-state index contributed by atoms with van der Waals surface area (Å²) in [4.78, 5) is 52.2. The molecule has 4 rings (SSSR count). The quantitative estimate of drug-likeness (QED) is 0.465. The average molecular weight is 594 g/mol. The second kappa shape index (κ2) is 11.3. The van der Waals surface area contributed by atoms with Crippen LogP contribution in [0.4, 0.5) is 37.2 Å². The Balaban J connectivity index is 1.56. The highest BCUT2D eigenvalue weighted by Gasteiger charge is 2.59. The zero-order chi connectivity index (χ0) is 31.0. The molecule has 2 aromatic rings. The SMILES string of the molecule is CC(C#N)NC(=O)Nc1cc2c(cc1F)C1(CC2)OC(=O)N(CC(=O)N(Cc2ccc(F)cc2)[C@@H](C)C(F)(F)F)C1=O. The molecule has 1 spiro atoms. The number of halogens is 5. The fraction of sp³-hybridized carbons (Fsp3) is 0.370. The number of hydrogen-bond acceptors (Lipinski definition) is 6. The fourth-order valence-electron chi connectivity index (χ4n) is 4.77. The Morgan fingerprint density at radius 1 is 1.17 bits per heavy atom. The minimum Gasteiger partial charge on any atom is -0.427 e. The number of urea groups is 1. The van der Waals surface area contributed by atoms with Gasteiger partial charge in [-0.3, -0.25) is 9.59 Å². The summed E-state index contributed by atoms with van der Waals surface area (Å²) in [6.45, 7) is 0.461. The van der Waals surface area contributed by atoms with Crippen LogP contribution in [0.2, 0.25) is 0 Å². The minimum atomic E-state index is -4.86. The largest absolute Gasteiger partial charge is 0.427 e. The number of hydrogen-bond donors (Lipinski definition) is 2. The van der Waals surface area contributed by atoms with Gasteiger partial charge in [-0.05, 0) is 55.7 Å². The van der Waals surface area contributed by atoms with E-state index in [1.54, 1.807) is 6.07 Å². The number of anilines is 1. The van der Waals surface area contributed by atoms with Gasteiger partial charge in [0.25, 0.3) is 5.91 Å². The van der Waals surface area contributed by atoms with E-state index in [1.807, 2.05) is 0 Å². The predicted molar refractivity (Wildman–Crippen MR) is 134 cm³/mol. The number of carbonyl (C=O) groups is 4. The van der Waals surface area contributed by atoms with Gasteiger partial charge in [-0.25, -0.2) is 23.3 Å². The molecule has 0 bridgehead atoms. The lowest BCUT2D eigenvalue weighted by atomic mass is 9.94. The maximum Gasteiger partial charge on any atom is 0.418 e. The van der Waals surface area contributed by atoms with Crippen molar-refractivity contribution in [2.75, 3.05) is 11.9 Å². The molecule has 1 aliphatic heterocycles. The van der Waals surface area contributed by atoms with Gasteiger partial charge in [0.2, 0.25) is 11.5 Å². The van der Waals surface area contributed by atoms with Gasteiger partial charge in [0, 0.05) is 18.5 Å². The number of carbonyl (C=O) groups excluding carboxylic acids is 4. The molecule has 15 heteroatoms. The van der Waals surface area contributed by atoms with E-state index in [0.29, 0.717) is 15.4 Å². The Bertz CT molecular complexity index is 1480. The number of aryl methyl sites for hydroxylation is 1. The van der Waals surface area contributed by atoms with Gasteiger partial charge < -0.3 is 20.3 Å². The van der Waals surface area contributed by atoms with Crippen LogP contribution in [0.15, 0.2) is 36.4 Å². The molecule has 1 aliphatic carbocycles. The van der Waals surface area contributed by atoms with E-state index in [-0.39, 0.29) is 29.7 Å². The normalized spacial score (nSPS) is 19.1. The number of imide groups is 1. The summed E-state index contributed by atoms with van der Waals surface area (Å²) in [5.41, 5.74) is -1.79. The lowest BCUT2D eigenvalue weighted by Crippen LogP contribution is -2.51. The molecule has 0 aromatic heterocycles. The van der Waals surface area contributed by atoms with Gasteiger partial charge >= 0.3 is 18.3 Å². The summed E-state index contributed by atoms with van der Waals surface area (Å²) in [6, 6.07) is 4.29. The molecule has 5 amide bonds. The number of rotatable bonds is 7. The molecule has 2 aliphatic rings. The average Bonchev–Trinajstić information content (AvgIpc) is 3.38. The van der Waals surface area contributed by atoms with Crippen molar-refractivity contribution in [3.8, 4) is 6.07 Å². The van der Waals surface area contributed by atoms with Crippen molar-refractivity contribution >= 4 is 29.6 Å². The Morgan fingerprint density at radius 3 is 2.45 bits per heavy atom. The highest BCUT2D eigenvalue weighted by molar-refractivity contribution is 6.06. The van der Waals surface area contributed by atoms with E-state index in [4.69, 9.17) is 10.00 Å². The van der Waals surface area contributed by atoms with Crippen LogP contribution in [0, 0.1) is 23.0 Å². The zero-order valence-electron chi connectivity index (χ0n) is 22.2. The van der Waals surface area contributed by atoms with E-state index in [9.17, 15) is 41.1 Å². The van der Waals surface area contributed by atoms with Crippen LogP contribution in [-0.4, -0.2) is 58.5 Å². The van der Waals surface area contributed by atoms with Crippen molar-refractivity contribution in [1.29, 1.82) is 5.26 Å². The van der Waals surface area contributed by atoms with Gasteiger partial charge in [0.15, 0.2) is 0 Å². The number of amides is 5. The molecule has 3 atom stereocenters. The number of fused-ring (bicyclic) bond motifs is 2. The Hall–Kier alpha value is -4.74. The van der Waals surface area contributed by atoms with Crippen molar-refractivity contribution in [1.82, 2.24) is 15.1 Å². The third-order valence-electron chi connectivity index (χ3n) is 7.06. The van der Waals surface area contributed by atoms with Crippen LogP contribution in [0.1, 0.15) is 37.0 Å². The topological polar surface area (TPSA) is 132 Å². The number of alkyl halides is 3. The molecule has 222 valence electrons. The van der Waals surface area contributed by atoms with Crippen LogP contribution in [0.5, 0.6) is 0 Å². The smallest absolute Gasteiger partial charge is 0.418 e.